The van der Waals surface area contributed by atoms with Crippen LogP contribution in [0.4, 0.5) is 0 Å². The predicted octanol–water partition coefficient (Wildman–Crippen LogP) is 1.84. The molecule has 0 N–H and O–H groups in total. The molecule has 0 amide bonds. The van der Waals surface area contributed by atoms with Gasteiger partial charge in [0.1, 0.15) is 0 Å². The monoisotopic (exact) mass is 338 g/mol. The van der Waals surface area contributed by atoms with E-state index < -0.39 is 10.1 Å². The first-order chi connectivity index (χ1) is 10.5. The lowest BCUT2D eigenvalue weighted by molar-refractivity contribution is -0.0000157. The van der Waals surface area contributed by atoms with Gasteiger partial charge in [0, 0.05) is 6.61 Å². The van der Waals surface area contributed by atoms with E-state index in [1.165, 1.54) is 25.7 Å². The van der Waals surface area contributed by atoms with Crippen LogP contribution in [0.15, 0.2) is 0 Å². The number of hydrogen-bond acceptors (Lipinski definition) is 6. The normalized spacial score (nSPS) is 22.8. The van der Waals surface area contributed by atoms with E-state index in [4.69, 9.17) is 14.2 Å². The van der Waals surface area contributed by atoms with Gasteiger partial charge in [-0.25, -0.2) is 0 Å². The highest BCUT2D eigenvalue weighted by Gasteiger charge is 2.17. The summed E-state index contributed by atoms with van der Waals surface area (Å²) in [6, 6.07) is 0. The van der Waals surface area contributed by atoms with Crippen molar-refractivity contribution in [2.45, 2.75) is 32.6 Å². The van der Waals surface area contributed by atoms with Crippen LogP contribution in [0.2, 0.25) is 0 Å². The SMILES string of the molecule is CC1CCC(COCCOCCOCCOS(C)(=O)=O)CC1. The van der Waals surface area contributed by atoms with Crippen molar-refractivity contribution in [3.63, 3.8) is 0 Å². The Morgan fingerprint density at radius 3 is 1.86 bits per heavy atom. The molecule has 0 radical (unpaired) electrons. The minimum atomic E-state index is -3.37. The van der Waals surface area contributed by atoms with Crippen molar-refractivity contribution in [2.24, 2.45) is 11.8 Å². The summed E-state index contributed by atoms with van der Waals surface area (Å²) in [6.45, 7) is 5.52. The van der Waals surface area contributed by atoms with Crippen molar-refractivity contribution in [1.29, 1.82) is 0 Å². The van der Waals surface area contributed by atoms with Crippen molar-refractivity contribution in [2.75, 3.05) is 52.5 Å². The fourth-order valence-corrected chi connectivity index (χ4v) is 2.80. The average Bonchev–Trinajstić information content (AvgIpc) is 2.45. The molecule has 6 nitrogen and oxygen atoms in total. The van der Waals surface area contributed by atoms with Gasteiger partial charge in [0.05, 0.1) is 45.9 Å². The first-order valence-electron chi connectivity index (χ1n) is 8.05. The molecule has 0 aromatic heterocycles. The summed E-state index contributed by atoms with van der Waals surface area (Å²) in [4.78, 5) is 0. The minimum absolute atomic E-state index is 0.0436. The molecular formula is C15H30O6S. The van der Waals surface area contributed by atoms with Gasteiger partial charge in [-0.05, 0) is 24.7 Å². The molecule has 0 unspecified atom stereocenters. The zero-order chi connectivity index (χ0) is 16.3. The quantitative estimate of drug-likeness (QED) is 0.399. The van der Waals surface area contributed by atoms with Gasteiger partial charge in [0.2, 0.25) is 0 Å². The Bertz CT molecular complexity index is 362. The maximum Gasteiger partial charge on any atom is 0.264 e. The Labute approximate surface area is 134 Å². The molecule has 0 aromatic carbocycles. The van der Waals surface area contributed by atoms with Crippen LogP contribution in [0, 0.1) is 11.8 Å². The fourth-order valence-electron chi connectivity index (χ4n) is 2.43. The molecule has 1 fully saturated rings. The molecule has 0 saturated heterocycles. The lowest BCUT2D eigenvalue weighted by atomic mass is 9.83. The van der Waals surface area contributed by atoms with Crippen molar-refractivity contribution >= 4 is 10.1 Å². The number of rotatable bonds is 12. The van der Waals surface area contributed by atoms with E-state index in [0.717, 1.165) is 24.7 Å². The average molecular weight is 338 g/mol. The zero-order valence-electron chi connectivity index (χ0n) is 13.8. The van der Waals surface area contributed by atoms with E-state index in [1.54, 1.807) is 0 Å². The van der Waals surface area contributed by atoms with Gasteiger partial charge < -0.3 is 14.2 Å². The molecule has 1 aliphatic carbocycles. The maximum atomic E-state index is 10.7. The molecule has 1 saturated carbocycles. The van der Waals surface area contributed by atoms with E-state index in [9.17, 15) is 8.42 Å². The van der Waals surface area contributed by atoms with Gasteiger partial charge in [-0.2, -0.15) is 8.42 Å². The fraction of sp³-hybridized carbons (Fsp3) is 1.00. The molecule has 0 aromatic rings. The zero-order valence-corrected chi connectivity index (χ0v) is 14.6. The summed E-state index contributed by atoms with van der Waals surface area (Å²) >= 11 is 0. The standard InChI is InChI=1S/C15H30O6S/c1-14-3-5-15(6-4-14)13-20-10-9-18-7-8-19-11-12-21-22(2,16)17/h14-15H,3-13H2,1-2H3. The summed E-state index contributed by atoms with van der Waals surface area (Å²) in [5.74, 6) is 1.59. The molecule has 1 aliphatic rings. The Balaban J connectivity index is 1.78. The predicted molar refractivity (Wildman–Crippen MR) is 84.4 cm³/mol. The lowest BCUT2D eigenvalue weighted by Gasteiger charge is -2.25. The smallest absolute Gasteiger partial charge is 0.264 e. The molecule has 22 heavy (non-hydrogen) atoms. The largest absolute Gasteiger partial charge is 0.379 e. The van der Waals surface area contributed by atoms with Crippen LogP contribution in [0.5, 0.6) is 0 Å². The highest BCUT2D eigenvalue weighted by atomic mass is 32.2. The summed E-state index contributed by atoms with van der Waals surface area (Å²) < 4.78 is 42.1. The molecule has 132 valence electrons. The second-order valence-electron chi connectivity index (χ2n) is 5.95. The van der Waals surface area contributed by atoms with Crippen molar-refractivity contribution in [1.82, 2.24) is 0 Å². The van der Waals surface area contributed by atoms with Crippen molar-refractivity contribution in [3.8, 4) is 0 Å². The number of hydrogen-bond donors (Lipinski definition) is 0. The van der Waals surface area contributed by atoms with E-state index in [2.05, 4.69) is 11.1 Å². The summed E-state index contributed by atoms with van der Waals surface area (Å²) in [6.07, 6.45) is 6.23. The second kappa shape index (κ2) is 11.3. The van der Waals surface area contributed by atoms with Crippen molar-refractivity contribution < 1.29 is 26.8 Å². The van der Waals surface area contributed by atoms with Gasteiger partial charge in [0.15, 0.2) is 0 Å². The topological polar surface area (TPSA) is 71.1 Å². The number of ether oxygens (including phenoxy) is 3. The van der Waals surface area contributed by atoms with E-state index >= 15 is 0 Å². The van der Waals surface area contributed by atoms with Crippen molar-refractivity contribution in [3.05, 3.63) is 0 Å². The summed E-state index contributed by atoms with van der Waals surface area (Å²) in [5.41, 5.74) is 0. The Kier molecular flexibility index (Phi) is 10.2. The molecule has 7 heteroatoms. The minimum Gasteiger partial charge on any atom is -0.379 e. The summed E-state index contributed by atoms with van der Waals surface area (Å²) in [7, 11) is -3.37. The van der Waals surface area contributed by atoms with Gasteiger partial charge in [-0.15, -0.1) is 0 Å². The van der Waals surface area contributed by atoms with Crippen LogP contribution in [-0.2, 0) is 28.5 Å². The van der Waals surface area contributed by atoms with Crippen LogP contribution < -0.4 is 0 Å². The third-order valence-corrected chi connectivity index (χ3v) is 4.35. The second-order valence-corrected chi connectivity index (χ2v) is 7.60. The first kappa shape index (κ1) is 19.8. The van der Waals surface area contributed by atoms with Gasteiger partial charge >= 0.3 is 0 Å². The third-order valence-electron chi connectivity index (χ3n) is 3.76. The molecule has 0 heterocycles. The molecule has 0 spiro atoms. The molecule has 1 rings (SSSR count). The van der Waals surface area contributed by atoms with E-state index in [-0.39, 0.29) is 13.2 Å². The maximum absolute atomic E-state index is 10.7. The Morgan fingerprint density at radius 2 is 1.32 bits per heavy atom. The Hall–Kier alpha value is -0.210. The van der Waals surface area contributed by atoms with Gasteiger partial charge in [0.25, 0.3) is 10.1 Å². The first-order valence-corrected chi connectivity index (χ1v) is 9.86. The van der Waals surface area contributed by atoms with E-state index in [1.807, 2.05) is 0 Å². The third kappa shape index (κ3) is 11.4. The van der Waals surface area contributed by atoms with Crippen LogP contribution >= 0.6 is 0 Å². The van der Waals surface area contributed by atoms with Crippen LogP contribution in [0.3, 0.4) is 0 Å². The molecular weight excluding hydrogens is 308 g/mol. The summed E-state index contributed by atoms with van der Waals surface area (Å²) in [5, 5.41) is 0. The van der Waals surface area contributed by atoms with Gasteiger partial charge in [-0.3, -0.25) is 4.18 Å². The highest BCUT2D eigenvalue weighted by molar-refractivity contribution is 7.85. The molecule has 0 bridgehead atoms. The lowest BCUT2D eigenvalue weighted by Crippen LogP contribution is -2.19. The molecule has 0 aliphatic heterocycles. The Morgan fingerprint density at radius 1 is 0.818 bits per heavy atom. The highest BCUT2D eigenvalue weighted by Crippen LogP contribution is 2.28. The molecule has 0 atom stereocenters. The van der Waals surface area contributed by atoms with Crippen LogP contribution in [0.1, 0.15) is 32.6 Å². The van der Waals surface area contributed by atoms with Gasteiger partial charge in [-0.1, -0.05) is 19.8 Å². The van der Waals surface area contributed by atoms with Crippen LogP contribution in [-0.4, -0.2) is 60.9 Å². The van der Waals surface area contributed by atoms with E-state index in [0.29, 0.717) is 26.4 Å². The van der Waals surface area contributed by atoms with Crippen LogP contribution in [0.25, 0.3) is 0 Å².